The first-order chi connectivity index (χ1) is 7.63. The van der Waals surface area contributed by atoms with Crippen LogP contribution in [0, 0.1) is 0 Å². The summed E-state index contributed by atoms with van der Waals surface area (Å²) in [4.78, 5) is 5.50. The minimum absolute atomic E-state index is 0.239. The van der Waals surface area contributed by atoms with Gasteiger partial charge in [0.15, 0.2) is 0 Å². The molecule has 0 unspecified atom stereocenters. The molecule has 5 nitrogen and oxygen atoms in total. The number of aromatic nitrogens is 1. The van der Waals surface area contributed by atoms with Crippen LogP contribution < -0.4 is 10.3 Å². The standard InChI is InChI=1S/C10H13N3O2S/c1-2-12-13-16(14,15)9-4-3-8-5-6-11-10(8)7-9/h3-7,11-13H,2H2,1H3. The van der Waals surface area contributed by atoms with E-state index in [-0.39, 0.29) is 4.90 Å². The molecular weight excluding hydrogens is 226 g/mol. The van der Waals surface area contributed by atoms with Gasteiger partial charge in [0.2, 0.25) is 0 Å². The zero-order valence-electron chi connectivity index (χ0n) is 8.82. The molecule has 0 amide bonds. The summed E-state index contributed by atoms with van der Waals surface area (Å²) in [6.45, 7) is 2.35. The Morgan fingerprint density at radius 2 is 2.12 bits per heavy atom. The zero-order chi connectivity index (χ0) is 11.6. The molecule has 0 spiro atoms. The van der Waals surface area contributed by atoms with Gasteiger partial charge in [-0.3, -0.25) is 0 Å². The van der Waals surface area contributed by atoms with E-state index in [4.69, 9.17) is 0 Å². The third-order valence-electron chi connectivity index (χ3n) is 2.22. The lowest BCUT2D eigenvalue weighted by molar-refractivity contribution is 0.561. The highest BCUT2D eigenvalue weighted by molar-refractivity contribution is 7.89. The van der Waals surface area contributed by atoms with E-state index < -0.39 is 10.0 Å². The lowest BCUT2D eigenvalue weighted by atomic mass is 10.2. The van der Waals surface area contributed by atoms with E-state index >= 15 is 0 Å². The SMILES string of the molecule is CCNNS(=O)(=O)c1ccc2cc[nH]c2c1. The fourth-order valence-electron chi connectivity index (χ4n) is 1.42. The van der Waals surface area contributed by atoms with Gasteiger partial charge in [-0.1, -0.05) is 13.0 Å². The number of hydrogen-bond donors (Lipinski definition) is 3. The molecule has 0 aliphatic rings. The first-order valence-corrected chi connectivity index (χ1v) is 6.43. The predicted molar refractivity (Wildman–Crippen MR) is 62.3 cm³/mol. The maximum Gasteiger partial charge on any atom is 0.253 e. The molecule has 0 aliphatic carbocycles. The molecule has 86 valence electrons. The summed E-state index contributed by atoms with van der Waals surface area (Å²) < 4.78 is 23.5. The Balaban J connectivity index is 2.39. The molecule has 1 aromatic heterocycles. The number of hydrazine groups is 1. The zero-order valence-corrected chi connectivity index (χ0v) is 9.64. The van der Waals surface area contributed by atoms with Gasteiger partial charge in [0.05, 0.1) is 4.90 Å². The van der Waals surface area contributed by atoms with Crippen LogP contribution in [-0.4, -0.2) is 19.9 Å². The average molecular weight is 239 g/mol. The Morgan fingerprint density at radius 3 is 2.88 bits per heavy atom. The van der Waals surface area contributed by atoms with Crippen LogP contribution in [0.2, 0.25) is 0 Å². The fraction of sp³-hybridized carbons (Fsp3) is 0.200. The third kappa shape index (κ3) is 2.08. The van der Waals surface area contributed by atoms with Crippen LogP contribution in [0.25, 0.3) is 10.9 Å². The van der Waals surface area contributed by atoms with Gasteiger partial charge in [-0.2, -0.15) is 0 Å². The average Bonchev–Trinajstić information content (AvgIpc) is 2.73. The normalized spacial score (nSPS) is 12.1. The smallest absolute Gasteiger partial charge is 0.253 e. The van der Waals surface area contributed by atoms with Crippen molar-refractivity contribution in [3.63, 3.8) is 0 Å². The number of fused-ring (bicyclic) bond motifs is 1. The minimum Gasteiger partial charge on any atom is -0.361 e. The summed E-state index contributed by atoms with van der Waals surface area (Å²) in [5, 5.41) is 0.988. The second-order valence-corrected chi connectivity index (χ2v) is 5.04. The molecule has 0 saturated carbocycles. The molecule has 0 saturated heterocycles. The third-order valence-corrected chi connectivity index (χ3v) is 3.51. The van der Waals surface area contributed by atoms with Gasteiger partial charge in [0.1, 0.15) is 0 Å². The van der Waals surface area contributed by atoms with Crippen molar-refractivity contribution in [3.8, 4) is 0 Å². The van der Waals surface area contributed by atoms with Gasteiger partial charge in [0.25, 0.3) is 10.0 Å². The lowest BCUT2D eigenvalue weighted by Crippen LogP contribution is -2.36. The summed E-state index contributed by atoms with van der Waals surface area (Å²) >= 11 is 0. The van der Waals surface area contributed by atoms with E-state index in [1.165, 1.54) is 0 Å². The van der Waals surface area contributed by atoms with Gasteiger partial charge in [-0.15, -0.1) is 4.83 Å². The maximum absolute atomic E-state index is 11.8. The summed E-state index contributed by atoms with van der Waals surface area (Å²) in [7, 11) is -3.47. The van der Waals surface area contributed by atoms with Crippen LogP contribution in [0.3, 0.4) is 0 Å². The van der Waals surface area contributed by atoms with E-state index in [1.807, 2.05) is 13.0 Å². The van der Waals surface area contributed by atoms with Gasteiger partial charge in [0, 0.05) is 18.3 Å². The van der Waals surface area contributed by atoms with Gasteiger partial charge < -0.3 is 4.98 Å². The molecule has 0 radical (unpaired) electrons. The summed E-state index contributed by atoms with van der Waals surface area (Å²) in [5.41, 5.74) is 3.39. The van der Waals surface area contributed by atoms with Crippen LogP contribution in [0.15, 0.2) is 35.4 Å². The highest BCUT2D eigenvalue weighted by Gasteiger charge is 2.13. The Bertz CT molecular complexity index is 589. The molecular formula is C10H13N3O2S. The Labute approximate surface area is 93.9 Å². The number of aromatic amines is 1. The lowest BCUT2D eigenvalue weighted by Gasteiger charge is -2.06. The Morgan fingerprint density at radius 1 is 1.31 bits per heavy atom. The first kappa shape index (κ1) is 11.1. The molecule has 16 heavy (non-hydrogen) atoms. The van der Waals surface area contributed by atoms with E-state index in [0.717, 1.165) is 10.9 Å². The van der Waals surface area contributed by atoms with Crippen molar-refractivity contribution in [2.45, 2.75) is 11.8 Å². The predicted octanol–water partition coefficient (Wildman–Crippen LogP) is 0.971. The molecule has 0 aliphatic heterocycles. The number of nitrogens with one attached hydrogen (secondary N) is 3. The van der Waals surface area contributed by atoms with E-state index in [0.29, 0.717) is 6.54 Å². The quantitative estimate of drug-likeness (QED) is 0.696. The monoisotopic (exact) mass is 239 g/mol. The largest absolute Gasteiger partial charge is 0.361 e. The Kier molecular flexibility index (Phi) is 2.95. The van der Waals surface area contributed by atoms with Gasteiger partial charge in [-0.25, -0.2) is 13.8 Å². The molecule has 2 aromatic rings. The topological polar surface area (TPSA) is 74.0 Å². The molecule has 0 fully saturated rings. The van der Waals surface area contributed by atoms with E-state index in [1.54, 1.807) is 24.4 Å². The molecule has 1 heterocycles. The van der Waals surface area contributed by atoms with Crippen LogP contribution >= 0.6 is 0 Å². The first-order valence-electron chi connectivity index (χ1n) is 4.95. The fourth-order valence-corrected chi connectivity index (χ4v) is 2.39. The van der Waals surface area contributed by atoms with Crippen molar-refractivity contribution in [1.82, 2.24) is 15.2 Å². The van der Waals surface area contributed by atoms with Crippen LogP contribution in [0.1, 0.15) is 6.92 Å². The van der Waals surface area contributed by atoms with Crippen molar-refractivity contribution < 1.29 is 8.42 Å². The second-order valence-electron chi connectivity index (χ2n) is 3.36. The molecule has 1 aromatic carbocycles. The summed E-state index contributed by atoms with van der Waals surface area (Å²) in [6, 6.07) is 6.85. The molecule has 2 rings (SSSR count). The molecule has 3 N–H and O–H groups in total. The maximum atomic E-state index is 11.8. The number of benzene rings is 1. The van der Waals surface area contributed by atoms with Crippen molar-refractivity contribution in [2.24, 2.45) is 0 Å². The van der Waals surface area contributed by atoms with Crippen molar-refractivity contribution in [3.05, 3.63) is 30.5 Å². The number of hydrogen-bond acceptors (Lipinski definition) is 3. The van der Waals surface area contributed by atoms with E-state index in [9.17, 15) is 8.42 Å². The van der Waals surface area contributed by atoms with Gasteiger partial charge >= 0.3 is 0 Å². The van der Waals surface area contributed by atoms with Crippen LogP contribution in [-0.2, 0) is 10.0 Å². The summed E-state index contributed by atoms with van der Waals surface area (Å²) in [5.74, 6) is 0. The number of sulfonamides is 1. The molecule has 0 atom stereocenters. The second kappa shape index (κ2) is 4.25. The molecule has 0 bridgehead atoms. The van der Waals surface area contributed by atoms with Crippen LogP contribution in [0.4, 0.5) is 0 Å². The minimum atomic E-state index is -3.47. The Hall–Kier alpha value is -1.37. The van der Waals surface area contributed by atoms with Crippen molar-refractivity contribution in [2.75, 3.05) is 6.54 Å². The highest BCUT2D eigenvalue weighted by Crippen LogP contribution is 2.17. The number of H-pyrrole nitrogens is 1. The van der Waals surface area contributed by atoms with Crippen molar-refractivity contribution in [1.29, 1.82) is 0 Å². The van der Waals surface area contributed by atoms with Gasteiger partial charge in [-0.05, 0) is 23.6 Å². The van der Waals surface area contributed by atoms with Crippen LogP contribution in [0.5, 0.6) is 0 Å². The van der Waals surface area contributed by atoms with Crippen molar-refractivity contribution >= 4 is 20.9 Å². The number of rotatable bonds is 4. The highest BCUT2D eigenvalue weighted by atomic mass is 32.2. The van der Waals surface area contributed by atoms with E-state index in [2.05, 4.69) is 15.2 Å². The summed E-state index contributed by atoms with van der Waals surface area (Å²) in [6.07, 6.45) is 1.78. The molecule has 6 heteroatoms.